The quantitative estimate of drug-likeness (QED) is 0.577. The first kappa shape index (κ1) is 23.0. The number of aliphatic carboxylic acids is 1. The van der Waals surface area contributed by atoms with Crippen LogP contribution in [0.2, 0.25) is 0 Å². The number of benzene rings is 1. The minimum absolute atomic E-state index is 0.0110. The second-order valence-electron chi connectivity index (χ2n) is 6.91. The van der Waals surface area contributed by atoms with E-state index in [1.807, 2.05) is 20.8 Å². The number of hydrogen-bond donors (Lipinski definition) is 1. The monoisotopic (exact) mass is 394 g/mol. The van der Waals surface area contributed by atoms with Gasteiger partial charge in [0.25, 0.3) is 0 Å². The van der Waals surface area contributed by atoms with Crippen LogP contribution < -0.4 is 4.74 Å². The predicted molar refractivity (Wildman–Crippen MR) is 108 cm³/mol. The van der Waals surface area contributed by atoms with Crippen molar-refractivity contribution in [2.75, 3.05) is 7.11 Å². The van der Waals surface area contributed by atoms with Gasteiger partial charge < -0.3 is 9.84 Å². The number of ether oxygens (including phenoxy) is 1. The first-order chi connectivity index (χ1) is 12.6. The molecule has 6 heteroatoms. The van der Waals surface area contributed by atoms with Crippen LogP contribution in [0, 0.1) is 0 Å². The van der Waals surface area contributed by atoms with Crippen molar-refractivity contribution in [1.29, 1.82) is 0 Å². The van der Waals surface area contributed by atoms with E-state index in [4.69, 9.17) is 4.74 Å². The molecule has 0 saturated carbocycles. The van der Waals surface area contributed by atoms with E-state index < -0.39 is 20.6 Å². The minimum atomic E-state index is -4.08. The summed E-state index contributed by atoms with van der Waals surface area (Å²) >= 11 is 0. The maximum Gasteiger partial charge on any atom is 0.325 e. The molecule has 1 aromatic carbocycles. The Hall–Kier alpha value is -2.08. The van der Waals surface area contributed by atoms with Gasteiger partial charge in [0.05, 0.1) is 12.0 Å². The van der Waals surface area contributed by atoms with Gasteiger partial charge in [-0.3, -0.25) is 4.79 Å². The van der Waals surface area contributed by atoms with Gasteiger partial charge in [0, 0.05) is 0 Å². The lowest BCUT2D eigenvalue weighted by Gasteiger charge is -2.27. The van der Waals surface area contributed by atoms with Gasteiger partial charge in [-0.15, -0.1) is 0 Å². The Morgan fingerprint density at radius 1 is 1.15 bits per heavy atom. The number of allylic oxidation sites excluding steroid dienone is 4. The molecule has 0 saturated heterocycles. The van der Waals surface area contributed by atoms with Gasteiger partial charge in [-0.1, -0.05) is 30.2 Å². The normalized spacial score (nSPS) is 14.3. The van der Waals surface area contributed by atoms with Gasteiger partial charge in [-0.2, -0.15) is 0 Å². The average molecular weight is 395 g/mol. The van der Waals surface area contributed by atoms with E-state index in [1.54, 1.807) is 13.0 Å². The van der Waals surface area contributed by atoms with Crippen LogP contribution in [0.15, 0.2) is 52.5 Å². The van der Waals surface area contributed by atoms with E-state index in [0.717, 1.165) is 18.4 Å². The highest BCUT2D eigenvalue weighted by atomic mass is 32.2. The fraction of sp³-hybridized carbons (Fsp3) is 0.476. The van der Waals surface area contributed by atoms with Crippen molar-refractivity contribution in [3.05, 3.63) is 47.6 Å². The van der Waals surface area contributed by atoms with Crippen molar-refractivity contribution >= 4 is 15.8 Å². The molecule has 0 aliphatic heterocycles. The summed E-state index contributed by atoms with van der Waals surface area (Å²) in [6, 6.07) is 5.84. The lowest BCUT2D eigenvalue weighted by molar-refractivity contribution is -0.140. The van der Waals surface area contributed by atoms with E-state index in [9.17, 15) is 18.3 Å². The van der Waals surface area contributed by atoms with Crippen molar-refractivity contribution in [3.63, 3.8) is 0 Å². The molecule has 0 aromatic heterocycles. The van der Waals surface area contributed by atoms with E-state index in [1.165, 1.54) is 36.9 Å². The maximum absolute atomic E-state index is 13.2. The zero-order valence-corrected chi connectivity index (χ0v) is 17.6. The van der Waals surface area contributed by atoms with Crippen LogP contribution in [0.3, 0.4) is 0 Å². The fourth-order valence-corrected chi connectivity index (χ4v) is 4.67. The van der Waals surface area contributed by atoms with Gasteiger partial charge in [0.2, 0.25) is 0 Å². The summed E-state index contributed by atoms with van der Waals surface area (Å²) < 4.78 is 29.5. The maximum atomic E-state index is 13.2. The second-order valence-corrected chi connectivity index (χ2v) is 9.17. The van der Waals surface area contributed by atoms with Crippen LogP contribution in [0.5, 0.6) is 5.75 Å². The summed E-state index contributed by atoms with van der Waals surface area (Å²) in [7, 11) is -2.59. The Labute approximate surface area is 162 Å². The summed E-state index contributed by atoms with van der Waals surface area (Å²) in [6.07, 6.45) is 5.39. The Balaban J connectivity index is 3.21. The molecule has 0 aliphatic carbocycles. The van der Waals surface area contributed by atoms with Crippen LogP contribution in [0.4, 0.5) is 0 Å². The van der Waals surface area contributed by atoms with Crippen molar-refractivity contribution < 1.29 is 23.1 Å². The number of rotatable bonds is 10. The molecule has 1 N–H and O–H groups in total. The van der Waals surface area contributed by atoms with Crippen LogP contribution >= 0.6 is 0 Å². The lowest BCUT2D eigenvalue weighted by Crippen LogP contribution is -2.45. The molecule has 0 amide bonds. The highest BCUT2D eigenvalue weighted by Crippen LogP contribution is 2.34. The van der Waals surface area contributed by atoms with Crippen molar-refractivity contribution in [1.82, 2.24) is 0 Å². The molecule has 1 rings (SSSR count). The molecule has 0 heterocycles. The van der Waals surface area contributed by atoms with Crippen LogP contribution in [0.1, 0.15) is 53.4 Å². The van der Waals surface area contributed by atoms with Crippen molar-refractivity contribution in [2.24, 2.45) is 0 Å². The Morgan fingerprint density at radius 2 is 1.74 bits per heavy atom. The molecule has 5 nitrogen and oxygen atoms in total. The van der Waals surface area contributed by atoms with E-state index in [2.05, 4.69) is 6.08 Å². The number of carboxylic acids is 1. The minimum Gasteiger partial charge on any atom is -0.497 e. The Kier molecular flexibility index (Phi) is 8.28. The van der Waals surface area contributed by atoms with Crippen molar-refractivity contribution in [3.8, 4) is 5.75 Å². The Morgan fingerprint density at radius 3 is 2.19 bits per heavy atom. The number of methoxy groups -OCH3 is 1. The summed E-state index contributed by atoms with van der Waals surface area (Å²) in [4.78, 5) is 12.1. The average Bonchev–Trinajstić information content (AvgIpc) is 2.61. The van der Waals surface area contributed by atoms with E-state index >= 15 is 0 Å². The van der Waals surface area contributed by atoms with Gasteiger partial charge in [0.1, 0.15) is 5.75 Å². The summed E-state index contributed by atoms with van der Waals surface area (Å²) in [5.41, 5.74) is 2.20. The van der Waals surface area contributed by atoms with Gasteiger partial charge >= 0.3 is 5.97 Å². The molecule has 1 aromatic rings. The highest BCUT2D eigenvalue weighted by molar-refractivity contribution is 7.93. The SMILES string of the molecule is CCC(CC=C(C)CCC=C(C)C)(C(=O)O)S(=O)(=O)c1ccc(OC)cc1. The number of carbonyl (C=O) groups is 1. The Bertz CT molecular complexity index is 799. The van der Waals surface area contributed by atoms with E-state index in [-0.39, 0.29) is 17.7 Å². The number of carboxylic acid groups (broad SMARTS) is 1. The topological polar surface area (TPSA) is 80.7 Å². The molecule has 0 aliphatic rings. The summed E-state index contributed by atoms with van der Waals surface area (Å²) in [6.45, 7) is 7.54. The number of hydrogen-bond acceptors (Lipinski definition) is 4. The molecule has 0 spiro atoms. The molecule has 0 fully saturated rings. The van der Waals surface area contributed by atoms with Gasteiger partial charge in [-0.05, 0) is 70.7 Å². The summed E-state index contributed by atoms with van der Waals surface area (Å²) in [5.74, 6) is -0.810. The smallest absolute Gasteiger partial charge is 0.325 e. The molecule has 0 radical (unpaired) electrons. The molecular weight excluding hydrogens is 364 g/mol. The highest BCUT2D eigenvalue weighted by Gasteiger charge is 2.49. The van der Waals surface area contributed by atoms with Crippen molar-refractivity contribution in [2.45, 2.75) is 63.0 Å². The third-order valence-electron chi connectivity index (χ3n) is 4.72. The first-order valence-corrected chi connectivity index (χ1v) is 10.5. The molecule has 0 bridgehead atoms. The largest absolute Gasteiger partial charge is 0.497 e. The molecule has 1 unspecified atom stereocenters. The molecule has 27 heavy (non-hydrogen) atoms. The molecule has 1 atom stereocenters. The second kappa shape index (κ2) is 9.74. The summed E-state index contributed by atoms with van der Waals surface area (Å²) in [5, 5.41) is 9.84. The van der Waals surface area contributed by atoms with Crippen LogP contribution in [0.25, 0.3) is 0 Å². The third kappa shape index (κ3) is 5.45. The number of sulfone groups is 1. The van der Waals surface area contributed by atoms with Crippen LogP contribution in [-0.4, -0.2) is 31.4 Å². The lowest BCUT2D eigenvalue weighted by atomic mass is 9.98. The first-order valence-electron chi connectivity index (χ1n) is 9.01. The zero-order chi connectivity index (χ0) is 20.7. The van der Waals surface area contributed by atoms with Crippen LogP contribution in [-0.2, 0) is 14.6 Å². The third-order valence-corrected chi connectivity index (χ3v) is 7.27. The van der Waals surface area contributed by atoms with Gasteiger partial charge in [-0.25, -0.2) is 8.42 Å². The predicted octanol–water partition coefficient (Wildman–Crippen LogP) is 4.79. The van der Waals surface area contributed by atoms with E-state index in [0.29, 0.717) is 5.75 Å². The zero-order valence-electron chi connectivity index (χ0n) is 16.8. The standard InChI is InChI=1S/C21H30O5S/c1-6-21(20(22)23,15-14-17(4)9-7-8-16(2)3)27(24,25)19-12-10-18(26-5)11-13-19/h8,10-14H,6-7,9,15H2,1-5H3,(H,22,23). The fourth-order valence-electron chi connectivity index (χ4n) is 2.81. The molecule has 150 valence electrons. The van der Waals surface area contributed by atoms with Gasteiger partial charge in [0.15, 0.2) is 14.6 Å². The molecular formula is C21H30O5S.